The van der Waals surface area contributed by atoms with E-state index in [4.69, 9.17) is 0 Å². The van der Waals surface area contributed by atoms with Gasteiger partial charge in [-0.2, -0.15) is 10.5 Å². The van der Waals surface area contributed by atoms with Gasteiger partial charge in [-0.05, 0) is 42.9 Å². The molecule has 1 aromatic carbocycles. The van der Waals surface area contributed by atoms with E-state index in [9.17, 15) is 10.5 Å². The molecule has 0 spiro atoms. The number of aryl methyl sites for hydroxylation is 2. The maximum absolute atomic E-state index is 9.37. The molecule has 2 heteroatoms. The molecule has 0 unspecified atom stereocenters. The Morgan fingerprint density at radius 2 is 1.41 bits per heavy atom. The molecule has 0 fully saturated rings. The van der Waals surface area contributed by atoms with E-state index in [2.05, 4.69) is 32.1 Å². The minimum absolute atomic E-state index is 0.556. The summed E-state index contributed by atoms with van der Waals surface area (Å²) in [5.74, 6) is 0. The van der Waals surface area contributed by atoms with Crippen LogP contribution >= 0.6 is 0 Å². The van der Waals surface area contributed by atoms with Crippen LogP contribution in [0.25, 0.3) is 0 Å². The fraction of sp³-hybridized carbons (Fsp3) is 0.600. The van der Waals surface area contributed by atoms with Crippen LogP contribution in [-0.4, -0.2) is 0 Å². The molecule has 0 bridgehead atoms. The first-order chi connectivity index (χ1) is 10.8. The van der Waals surface area contributed by atoms with E-state index in [1.807, 2.05) is 6.07 Å². The third-order valence-corrected chi connectivity index (χ3v) is 4.13. The Morgan fingerprint density at radius 3 is 1.95 bits per heavy atom. The number of hydrogen-bond donors (Lipinski definition) is 0. The summed E-state index contributed by atoms with van der Waals surface area (Å²) in [4.78, 5) is 0. The lowest BCUT2D eigenvalue weighted by atomic mass is 9.93. The quantitative estimate of drug-likeness (QED) is 0.522. The van der Waals surface area contributed by atoms with Gasteiger partial charge in [0, 0.05) is 0 Å². The third-order valence-electron chi connectivity index (χ3n) is 4.13. The minimum Gasteiger partial charge on any atom is -0.192 e. The van der Waals surface area contributed by atoms with Gasteiger partial charge in [-0.15, -0.1) is 0 Å². The molecule has 0 aliphatic carbocycles. The summed E-state index contributed by atoms with van der Waals surface area (Å²) in [5, 5.41) is 18.7. The van der Waals surface area contributed by atoms with Gasteiger partial charge in [0.2, 0.25) is 0 Å². The third kappa shape index (κ3) is 5.90. The number of rotatable bonds is 10. The van der Waals surface area contributed by atoms with Crippen molar-refractivity contribution in [3.8, 4) is 12.1 Å². The maximum Gasteiger partial charge on any atom is 0.101 e. The lowest BCUT2D eigenvalue weighted by Gasteiger charge is -2.10. The zero-order chi connectivity index (χ0) is 16.2. The zero-order valence-corrected chi connectivity index (χ0v) is 14.1. The van der Waals surface area contributed by atoms with Crippen LogP contribution in [0.4, 0.5) is 0 Å². The standard InChI is InChI=1S/C20H28N2/c1-3-5-7-9-11-17-13-18(12-10-8-6-4-2)20(16-22)19(14-17)15-21/h13-14H,3-12H2,1-2H3. The summed E-state index contributed by atoms with van der Waals surface area (Å²) in [7, 11) is 0. The van der Waals surface area contributed by atoms with E-state index in [1.54, 1.807) is 0 Å². The van der Waals surface area contributed by atoms with Crippen molar-refractivity contribution in [2.75, 3.05) is 0 Å². The molecule has 0 atom stereocenters. The van der Waals surface area contributed by atoms with E-state index in [1.165, 1.54) is 50.5 Å². The van der Waals surface area contributed by atoms with Crippen molar-refractivity contribution in [2.45, 2.75) is 78.1 Å². The summed E-state index contributed by atoms with van der Waals surface area (Å²) < 4.78 is 0. The number of nitriles is 2. The monoisotopic (exact) mass is 296 g/mol. The Morgan fingerprint density at radius 1 is 0.773 bits per heavy atom. The van der Waals surface area contributed by atoms with Crippen LogP contribution in [0.3, 0.4) is 0 Å². The average molecular weight is 296 g/mol. The predicted molar refractivity (Wildman–Crippen MR) is 91.6 cm³/mol. The van der Waals surface area contributed by atoms with Gasteiger partial charge >= 0.3 is 0 Å². The van der Waals surface area contributed by atoms with Gasteiger partial charge in [-0.3, -0.25) is 0 Å². The Bertz CT molecular complexity index is 532. The van der Waals surface area contributed by atoms with Crippen molar-refractivity contribution in [1.82, 2.24) is 0 Å². The fourth-order valence-corrected chi connectivity index (χ4v) is 2.83. The van der Waals surface area contributed by atoms with Gasteiger partial charge < -0.3 is 0 Å². The second-order valence-corrected chi connectivity index (χ2v) is 6.02. The van der Waals surface area contributed by atoms with Crippen LogP contribution in [0.15, 0.2) is 12.1 Å². The smallest absolute Gasteiger partial charge is 0.101 e. The van der Waals surface area contributed by atoms with Gasteiger partial charge in [-0.25, -0.2) is 0 Å². The lowest BCUT2D eigenvalue weighted by Crippen LogP contribution is -1.99. The molecular weight excluding hydrogens is 268 g/mol. The summed E-state index contributed by atoms with van der Waals surface area (Å²) in [5.41, 5.74) is 3.44. The van der Waals surface area contributed by atoms with Gasteiger partial charge in [0.1, 0.15) is 12.1 Å². The van der Waals surface area contributed by atoms with Crippen molar-refractivity contribution in [1.29, 1.82) is 10.5 Å². The highest BCUT2D eigenvalue weighted by Gasteiger charge is 2.10. The highest BCUT2D eigenvalue weighted by atomic mass is 14.3. The Hall–Kier alpha value is -1.80. The number of unbranched alkanes of at least 4 members (excludes halogenated alkanes) is 6. The first-order valence-corrected chi connectivity index (χ1v) is 8.72. The molecule has 1 rings (SSSR count). The van der Waals surface area contributed by atoms with E-state index < -0.39 is 0 Å². The van der Waals surface area contributed by atoms with Gasteiger partial charge in [0.05, 0.1) is 11.1 Å². The van der Waals surface area contributed by atoms with Crippen molar-refractivity contribution in [2.24, 2.45) is 0 Å². The normalized spacial score (nSPS) is 10.2. The molecule has 118 valence electrons. The average Bonchev–Trinajstić information content (AvgIpc) is 2.55. The molecule has 0 aromatic heterocycles. The summed E-state index contributed by atoms with van der Waals surface area (Å²) in [6.45, 7) is 4.41. The second-order valence-electron chi connectivity index (χ2n) is 6.02. The second kappa shape index (κ2) is 10.9. The SMILES string of the molecule is CCCCCCc1cc(C#N)c(C#N)c(CCCCCC)c1. The van der Waals surface area contributed by atoms with Crippen LogP contribution in [0.5, 0.6) is 0 Å². The molecular formula is C20H28N2. The maximum atomic E-state index is 9.37. The van der Waals surface area contributed by atoms with E-state index in [0.29, 0.717) is 11.1 Å². The number of nitrogens with zero attached hydrogens (tertiary/aromatic N) is 2. The predicted octanol–water partition coefficient (Wildman–Crippen LogP) is 5.68. The first-order valence-electron chi connectivity index (χ1n) is 8.72. The van der Waals surface area contributed by atoms with Gasteiger partial charge in [0.25, 0.3) is 0 Å². The summed E-state index contributed by atoms with van der Waals surface area (Å²) in [6.07, 6.45) is 11.6. The van der Waals surface area contributed by atoms with E-state index in [-0.39, 0.29) is 0 Å². The van der Waals surface area contributed by atoms with Crippen molar-refractivity contribution >= 4 is 0 Å². The molecule has 0 aliphatic heterocycles. The fourth-order valence-electron chi connectivity index (χ4n) is 2.83. The van der Waals surface area contributed by atoms with Gasteiger partial charge in [-0.1, -0.05) is 58.4 Å². The molecule has 0 saturated heterocycles. The Balaban J connectivity index is 2.82. The molecule has 2 nitrogen and oxygen atoms in total. The highest BCUT2D eigenvalue weighted by Crippen LogP contribution is 2.21. The Labute approximate surface area is 135 Å². The van der Waals surface area contributed by atoms with E-state index in [0.717, 1.165) is 24.8 Å². The first kappa shape index (κ1) is 18.2. The van der Waals surface area contributed by atoms with Gasteiger partial charge in [0.15, 0.2) is 0 Å². The largest absolute Gasteiger partial charge is 0.192 e. The summed E-state index contributed by atoms with van der Waals surface area (Å²) >= 11 is 0. The number of hydrogen-bond acceptors (Lipinski definition) is 2. The van der Waals surface area contributed by atoms with Crippen LogP contribution < -0.4 is 0 Å². The highest BCUT2D eigenvalue weighted by molar-refractivity contribution is 5.52. The zero-order valence-electron chi connectivity index (χ0n) is 14.1. The molecule has 1 aromatic rings. The molecule has 0 aliphatic rings. The van der Waals surface area contributed by atoms with E-state index >= 15 is 0 Å². The van der Waals surface area contributed by atoms with Crippen LogP contribution in [0.2, 0.25) is 0 Å². The molecule has 22 heavy (non-hydrogen) atoms. The Kier molecular flexibility index (Phi) is 9.01. The molecule has 0 heterocycles. The van der Waals surface area contributed by atoms with Crippen LogP contribution in [0.1, 0.15) is 87.5 Å². The molecule has 0 saturated carbocycles. The number of benzene rings is 1. The molecule has 0 N–H and O–H groups in total. The summed E-state index contributed by atoms with van der Waals surface area (Å²) in [6, 6.07) is 8.53. The van der Waals surface area contributed by atoms with Crippen LogP contribution in [0, 0.1) is 22.7 Å². The lowest BCUT2D eigenvalue weighted by molar-refractivity contribution is 0.660. The topological polar surface area (TPSA) is 47.6 Å². The van der Waals surface area contributed by atoms with Crippen molar-refractivity contribution < 1.29 is 0 Å². The van der Waals surface area contributed by atoms with Crippen molar-refractivity contribution in [3.63, 3.8) is 0 Å². The molecule has 0 amide bonds. The van der Waals surface area contributed by atoms with Crippen LogP contribution in [-0.2, 0) is 12.8 Å². The molecule has 0 radical (unpaired) electrons. The minimum atomic E-state index is 0.556. The van der Waals surface area contributed by atoms with Crippen molar-refractivity contribution in [3.05, 3.63) is 34.4 Å².